The van der Waals surface area contributed by atoms with Gasteiger partial charge in [-0.2, -0.15) is 0 Å². The van der Waals surface area contributed by atoms with Gasteiger partial charge in [0.25, 0.3) is 0 Å². The lowest BCUT2D eigenvalue weighted by Crippen LogP contribution is -2.05. The van der Waals surface area contributed by atoms with Gasteiger partial charge in [-0.15, -0.1) is 0 Å². The van der Waals surface area contributed by atoms with Gasteiger partial charge in [0, 0.05) is 66.0 Å². The lowest BCUT2D eigenvalue weighted by atomic mass is 10.0. The fourth-order valence-corrected chi connectivity index (χ4v) is 10.9. The van der Waals surface area contributed by atoms with Crippen molar-refractivity contribution in [3.05, 3.63) is 243 Å². The normalized spacial score (nSPS) is 11.7. The average molecular weight is 961 g/mol. The summed E-state index contributed by atoms with van der Waals surface area (Å²) >= 11 is 0. The Bertz CT molecular complexity index is 4570. The molecule has 10 aromatic carbocycles. The van der Waals surface area contributed by atoms with Crippen molar-refractivity contribution >= 4 is 65.6 Å². The first-order valence-electron chi connectivity index (χ1n) is 25.0. The Morgan fingerprint density at radius 2 is 0.693 bits per heavy atom. The van der Waals surface area contributed by atoms with Gasteiger partial charge in [-0.05, 0) is 48.5 Å². The first-order valence-corrected chi connectivity index (χ1v) is 25.0. The summed E-state index contributed by atoms with van der Waals surface area (Å²) in [7, 11) is 0. The maximum atomic E-state index is 7.08. The molecule has 0 radical (unpaired) electrons. The van der Waals surface area contributed by atoms with Crippen molar-refractivity contribution in [3.63, 3.8) is 0 Å². The molecule has 0 aliphatic rings. The van der Waals surface area contributed by atoms with E-state index in [9.17, 15) is 0 Å². The first kappa shape index (κ1) is 42.3. The fraction of sp³-hybridized carbons (Fsp3) is 0. The van der Waals surface area contributed by atoms with E-state index in [1.165, 1.54) is 0 Å². The molecule has 0 atom stereocenters. The molecule has 0 unspecified atom stereocenters. The lowest BCUT2D eigenvalue weighted by Gasteiger charge is -2.17. The highest BCUT2D eigenvalue weighted by Gasteiger charge is 2.29. The van der Waals surface area contributed by atoms with Crippen LogP contribution < -0.4 is 0 Å². The van der Waals surface area contributed by atoms with Gasteiger partial charge in [0.05, 0.1) is 33.1 Å². The largest absolute Gasteiger partial charge is 0.455 e. The summed E-state index contributed by atoms with van der Waals surface area (Å²) in [5.74, 6) is 3.23. The number of fused-ring (bicyclic) bond motifs is 12. The highest BCUT2D eigenvalue weighted by molar-refractivity contribution is 6.39. The van der Waals surface area contributed by atoms with Gasteiger partial charge >= 0.3 is 0 Å². The van der Waals surface area contributed by atoms with E-state index in [-0.39, 0.29) is 0 Å². The molecule has 9 heteroatoms. The summed E-state index contributed by atoms with van der Waals surface area (Å²) in [5, 5.41) is 6.38. The molecule has 0 fully saturated rings. The van der Waals surface area contributed by atoms with Crippen LogP contribution in [0.1, 0.15) is 0 Å². The second kappa shape index (κ2) is 17.1. The predicted molar refractivity (Wildman–Crippen MR) is 302 cm³/mol. The Morgan fingerprint density at radius 3 is 1.23 bits per heavy atom. The monoisotopic (exact) mass is 960 g/mol. The summed E-state index contributed by atoms with van der Waals surface area (Å²) in [6, 6.07) is 83.1. The summed E-state index contributed by atoms with van der Waals surface area (Å²) < 4.78 is 11.9. The predicted octanol–water partition coefficient (Wildman–Crippen LogP) is 16.2. The van der Waals surface area contributed by atoms with E-state index >= 15 is 0 Å². The third-order valence-corrected chi connectivity index (χ3v) is 14.2. The van der Waals surface area contributed by atoms with Crippen LogP contribution in [0.2, 0.25) is 0 Å². The van der Waals surface area contributed by atoms with Gasteiger partial charge in [-0.1, -0.05) is 194 Å². The summed E-state index contributed by atoms with van der Waals surface area (Å²) in [5.41, 5.74) is 12.7. The molecule has 0 bridgehead atoms. The molecule has 15 aromatic rings. The third kappa shape index (κ3) is 6.86. The zero-order valence-electron chi connectivity index (χ0n) is 40.1. The highest BCUT2D eigenvalue weighted by atomic mass is 16.3. The molecular weight excluding hydrogens is 921 g/mol. The first-order chi connectivity index (χ1) is 37.2. The second-order valence-corrected chi connectivity index (χ2v) is 18.6. The smallest absolute Gasteiger partial charge is 0.166 e. The molecule has 75 heavy (non-hydrogen) atoms. The highest BCUT2D eigenvalue weighted by Crippen LogP contribution is 2.50. The van der Waals surface area contributed by atoms with Crippen LogP contribution in [0.4, 0.5) is 0 Å². The Kier molecular flexibility index (Phi) is 9.67. The number of furan rings is 1. The van der Waals surface area contributed by atoms with Gasteiger partial charge in [-0.25, -0.2) is 29.9 Å². The number of nitrogens with zero attached hydrogens (tertiary/aromatic N) is 8. The zero-order valence-corrected chi connectivity index (χ0v) is 40.1. The van der Waals surface area contributed by atoms with E-state index in [0.29, 0.717) is 34.9 Å². The van der Waals surface area contributed by atoms with Crippen molar-refractivity contribution in [1.82, 2.24) is 39.0 Å². The minimum absolute atomic E-state index is 0.487. The molecule has 15 rings (SSSR count). The van der Waals surface area contributed by atoms with Crippen LogP contribution in [0.25, 0.3) is 145 Å². The third-order valence-electron chi connectivity index (χ3n) is 14.2. The average Bonchev–Trinajstić information content (AvgIpc) is 4.24. The number of para-hydroxylation sites is 4. The van der Waals surface area contributed by atoms with Crippen molar-refractivity contribution < 1.29 is 4.42 Å². The van der Waals surface area contributed by atoms with E-state index in [0.717, 1.165) is 110 Å². The van der Waals surface area contributed by atoms with Gasteiger partial charge in [0.15, 0.2) is 34.9 Å². The number of hydrogen-bond donors (Lipinski definition) is 0. The molecular formula is C66H40N8O. The molecule has 0 saturated heterocycles. The van der Waals surface area contributed by atoms with Crippen molar-refractivity contribution in [2.75, 3.05) is 0 Å². The van der Waals surface area contributed by atoms with Crippen LogP contribution in [0.15, 0.2) is 247 Å². The van der Waals surface area contributed by atoms with Crippen molar-refractivity contribution in [3.8, 4) is 79.7 Å². The van der Waals surface area contributed by atoms with E-state index in [4.69, 9.17) is 34.3 Å². The molecule has 0 amide bonds. The topological polar surface area (TPSA) is 100 Å². The Balaban J connectivity index is 1.12. The molecule has 0 spiro atoms. The Hall–Kier alpha value is -10.4. The molecule has 350 valence electrons. The van der Waals surface area contributed by atoms with Crippen LogP contribution >= 0.6 is 0 Å². The summed E-state index contributed by atoms with van der Waals surface area (Å²) in [6.45, 7) is 0. The van der Waals surface area contributed by atoms with Crippen LogP contribution in [0, 0.1) is 0 Å². The minimum Gasteiger partial charge on any atom is -0.455 e. The molecule has 0 aliphatic carbocycles. The molecule has 5 aromatic heterocycles. The summed E-state index contributed by atoms with van der Waals surface area (Å²) in [6.07, 6.45) is 0. The number of hydrogen-bond acceptors (Lipinski definition) is 7. The van der Waals surface area contributed by atoms with E-state index in [2.05, 4.69) is 124 Å². The zero-order chi connectivity index (χ0) is 49.4. The lowest BCUT2D eigenvalue weighted by molar-refractivity contribution is 0.673. The molecule has 0 N–H and O–H groups in total. The summed E-state index contributed by atoms with van der Waals surface area (Å²) in [4.78, 5) is 31.5. The van der Waals surface area contributed by atoms with Gasteiger partial charge in [0.1, 0.15) is 11.2 Å². The standard InChI is InChI=1S/C66H40N8O/c1-6-22-41(23-7-1)61-67-62(42-24-8-2-9-25-42)70-65(69-61)45-38-39-53(50(40-45)66-71-63(43-26-10-3-11-27-43)68-64(72-66)44-28-12-4-13-29-44)74-52-36-20-16-32-47(52)55-56-49-34-18-21-37-54(49)75-60(56)57-48-33-17-19-35-51(48)73(59(57)58(55)74)46-30-14-5-15-31-46/h1-40H. The van der Waals surface area contributed by atoms with Gasteiger partial charge in [-0.3, -0.25) is 0 Å². The Labute approximate surface area is 429 Å². The van der Waals surface area contributed by atoms with Crippen molar-refractivity contribution in [2.24, 2.45) is 0 Å². The van der Waals surface area contributed by atoms with Crippen LogP contribution in [-0.2, 0) is 0 Å². The number of aromatic nitrogens is 8. The van der Waals surface area contributed by atoms with E-state index in [1.807, 2.05) is 127 Å². The number of rotatable bonds is 8. The maximum Gasteiger partial charge on any atom is 0.166 e. The minimum atomic E-state index is 0.487. The van der Waals surface area contributed by atoms with Gasteiger partial charge in [0.2, 0.25) is 0 Å². The van der Waals surface area contributed by atoms with E-state index < -0.39 is 0 Å². The van der Waals surface area contributed by atoms with Crippen molar-refractivity contribution in [2.45, 2.75) is 0 Å². The number of benzene rings is 10. The maximum absolute atomic E-state index is 7.08. The molecule has 5 heterocycles. The fourth-order valence-electron chi connectivity index (χ4n) is 10.9. The molecule has 0 saturated carbocycles. The SMILES string of the molecule is c1ccc(-c2nc(-c3ccccc3)nc(-c3ccc(-n4c5ccccc5c5c6c7ccccc7oc6c6c7ccccc7n(-c7ccccc7)c6c54)c(-c4nc(-c5ccccc5)nc(-c5ccccc5)n4)c3)n2)cc1. The van der Waals surface area contributed by atoms with Crippen LogP contribution in [-0.4, -0.2) is 39.0 Å². The quantitative estimate of drug-likeness (QED) is 0.149. The van der Waals surface area contributed by atoms with E-state index in [1.54, 1.807) is 0 Å². The molecule has 0 aliphatic heterocycles. The van der Waals surface area contributed by atoms with Crippen LogP contribution in [0.3, 0.4) is 0 Å². The Morgan fingerprint density at radius 1 is 0.293 bits per heavy atom. The van der Waals surface area contributed by atoms with Gasteiger partial charge < -0.3 is 13.6 Å². The molecule has 9 nitrogen and oxygen atoms in total. The van der Waals surface area contributed by atoms with Crippen molar-refractivity contribution in [1.29, 1.82) is 0 Å². The second-order valence-electron chi connectivity index (χ2n) is 18.6. The van der Waals surface area contributed by atoms with Crippen LogP contribution in [0.5, 0.6) is 0 Å².